The smallest absolute Gasteiger partial charge is 0.286 e. The summed E-state index contributed by atoms with van der Waals surface area (Å²) in [6, 6.07) is 10.3. The van der Waals surface area contributed by atoms with Gasteiger partial charge in [0.25, 0.3) is 11.6 Å². The van der Waals surface area contributed by atoms with Crippen molar-refractivity contribution in [3.05, 3.63) is 74.2 Å². The number of nitro groups is 1. The predicted octanol–water partition coefficient (Wildman–Crippen LogP) is 3.62. The Morgan fingerprint density at radius 3 is 2.94 bits per heavy atom. The Morgan fingerprint density at radius 2 is 2.19 bits per heavy atom. The molecule has 1 aliphatic rings. The van der Waals surface area contributed by atoms with Crippen LogP contribution in [-0.4, -0.2) is 36.1 Å². The molecule has 10 heteroatoms. The number of thiazole rings is 1. The molecule has 0 spiro atoms. The van der Waals surface area contributed by atoms with Crippen molar-refractivity contribution >= 4 is 22.9 Å². The monoisotopic (exact) mass is 455 g/mol. The second kappa shape index (κ2) is 9.65. The van der Waals surface area contributed by atoms with E-state index in [-0.39, 0.29) is 35.3 Å². The maximum Gasteiger partial charge on any atom is 0.286 e. The van der Waals surface area contributed by atoms with E-state index in [1.54, 1.807) is 5.51 Å². The van der Waals surface area contributed by atoms with Crippen LogP contribution in [0.15, 0.2) is 47.3 Å². The molecule has 0 aliphatic carbocycles. The van der Waals surface area contributed by atoms with Crippen molar-refractivity contribution in [2.45, 2.75) is 13.0 Å². The molecule has 1 N–H and O–H groups in total. The summed E-state index contributed by atoms with van der Waals surface area (Å²) in [4.78, 5) is 28.0. The number of hydrogen-bond donors (Lipinski definition) is 1. The number of nitro benzene ring substituents is 1. The summed E-state index contributed by atoms with van der Waals surface area (Å²) in [7, 11) is 1.41. The summed E-state index contributed by atoms with van der Waals surface area (Å²) in [5.41, 5.74) is 2.98. The Bertz CT molecular complexity index is 1120. The van der Waals surface area contributed by atoms with Crippen molar-refractivity contribution in [3.63, 3.8) is 0 Å². The van der Waals surface area contributed by atoms with Crippen LogP contribution < -0.4 is 19.5 Å². The third kappa shape index (κ3) is 4.80. The Morgan fingerprint density at radius 1 is 1.34 bits per heavy atom. The van der Waals surface area contributed by atoms with Crippen LogP contribution >= 0.6 is 11.3 Å². The molecular formula is C22H21N3O6S. The molecule has 166 valence electrons. The first-order chi connectivity index (χ1) is 15.5. The molecule has 0 saturated carbocycles. The molecule has 3 aromatic rings. The van der Waals surface area contributed by atoms with Crippen LogP contribution in [0, 0.1) is 16.0 Å². The summed E-state index contributed by atoms with van der Waals surface area (Å²) in [5.74, 6) is 0.756. The van der Waals surface area contributed by atoms with Gasteiger partial charge in [-0.05, 0) is 18.1 Å². The maximum atomic E-state index is 12.8. The molecule has 1 atom stereocenters. The zero-order valence-corrected chi connectivity index (χ0v) is 18.1. The number of para-hydroxylation sites is 1. The van der Waals surface area contributed by atoms with Crippen LogP contribution in [0.4, 0.5) is 5.69 Å². The van der Waals surface area contributed by atoms with Gasteiger partial charge in [-0.1, -0.05) is 18.2 Å². The maximum absolute atomic E-state index is 12.8. The summed E-state index contributed by atoms with van der Waals surface area (Å²) >= 11 is 1.42. The molecular weight excluding hydrogens is 434 g/mol. The number of aromatic nitrogens is 1. The highest BCUT2D eigenvalue weighted by atomic mass is 32.1. The molecule has 4 rings (SSSR count). The highest BCUT2D eigenvalue weighted by Crippen LogP contribution is 2.35. The number of carbonyl (C=O) groups excluding carboxylic acids is 1. The molecule has 0 fully saturated rings. The van der Waals surface area contributed by atoms with Gasteiger partial charge < -0.3 is 19.5 Å². The van der Waals surface area contributed by atoms with E-state index in [2.05, 4.69) is 10.3 Å². The highest BCUT2D eigenvalue weighted by Gasteiger charge is 2.26. The van der Waals surface area contributed by atoms with Crippen LogP contribution in [0.2, 0.25) is 0 Å². The van der Waals surface area contributed by atoms with Crippen molar-refractivity contribution in [2.24, 2.45) is 5.92 Å². The number of ether oxygens (including phenoxy) is 3. The quantitative estimate of drug-likeness (QED) is 0.408. The topological polar surface area (TPSA) is 113 Å². The Labute approximate surface area is 188 Å². The minimum atomic E-state index is -0.607. The Kier molecular flexibility index (Phi) is 6.50. The van der Waals surface area contributed by atoms with Gasteiger partial charge in [0.2, 0.25) is 0 Å². The first-order valence-corrected chi connectivity index (χ1v) is 10.8. The van der Waals surface area contributed by atoms with E-state index in [1.165, 1.54) is 30.6 Å². The van der Waals surface area contributed by atoms with E-state index in [0.29, 0.717) is 18.8 Å². The lowest BCUT2D eigenvalue weighted by Crippen LogP contribution is -2.35. The number of amides is 1. The van der Waals surface area contributed by atoms with Crippen LogP contribution in [-0.2, 0) is 13.0 Å². The van der Waals surface area contributed by atoms with Crippen LogP contribution in [0.5, 0.6) is 17.2 Å². The lowest BCUT2D eigenvalue weighted by atomic mass is 9.96. The molecule has 2 aromatic carbocycles. The zero-order chi connectivity index (χ0) is 22.5. The van der Waals surface area contributed by atoms with E-state index >= 15 is 0 Å². The normalized spacial score (nSPS) is 14.7. The van der Waals surface area contributed by atoms with Crippen LogP contribution in [0.3, 0.4) is 0 Å². The van der Waals surface area contributed by atoms with E-state index in [4.69, 9.17) is 14.2 Å². The lowest BCUT2D eigenvalue weighted by Gasteiger charge is -2.25. The summed E-state index contributed by atoms with van der Waals surface area (Å²) < 4.78 is 16.7. The molecule has 1 aromatic heterocycles. The van der Waals surface area contributed by atoms with Crippen molar-refractivity contribution < 1.29 is 23.9 Å². The zero-order valence-electron chi connectivity index (χ0n) is 17.3. The summed E-state index contributed by atoms with van der Waals surface area (Å²) in [6.45, 7) is 0.923. The first kappa shape index (κ1) is 21.6. The molecule has 1 unspecified atom stereocenters. The minimum Gasteiger partial charge on any atom is -0.493 e. The van der Waals surface area contributed by atoms with Gasteiger partial charge in [-0.25, -0.2) is 4.98 Å². The second-order valence-electron chi connectivity index (χ2n) is 7.24. The Balaban J connectivity index is 1.47. The minimum absolute atomic E-state index is 0.0653. The molecule has 0 saturated heterocycles. The van der Waals surface area contributed by atoms with Gasteiger partial charge in [-0.15, -0.1) is 11.3 Å². The van der Waals surface area contributed by atoms with Crippen molar-refractivity contribution in [3.8, 4) is 17.2 Å². The number of hydrogen-bond acceptors (Lipinski definition) is 8. The average Bonchev–Trinajstić information content (AvgIpc) is 3.34. The van der Waals surface area contributed by atoms with Gasteiger partial charge in [0.05, 0.1) is 35.9 Å². The predicted molar refractivity (Wildman–Crippen MR) is 118 cm³/mol. The van der Waals surface area contributed by atoms with E-state index < -0.39 is 10.8 Å². The van der Waals surface area contributed by atoms with Gasteiger partial charge in [-0.2, -0.15) is 0 Å². The molecule has 32 heavy (non-hydrogen) atoms. The highest BCUT2D eigenvalue weighted by molar-refractivity contribution is 7.07. The van der Waals surface area contributed by atoms with Crippen LogP contribution in [0.1, 0.15) is 21.6 Å². The number of carbonyl (C=O) groups is 1. The van der Waals surface area contributed by atoms with Crippen molar-refractivity contribution in [1.82, 2.24) is 10.3 Å². The van der Waals surface area contributed by atoms with Crippen LogP contribution in [0.25, 0.3) is 0 Å². The number of rotatable bonds is 8. The van der Waals surface area contributed by atoms with Gasteiger partial charge >= 0.3 is 0 Å². The lowest BCUT2D eigenvalue weighted by molar-refractivity contribution is -0.385. The number of benzene rings is 2. The largest absolute Gasteiger partial charge is 0.493 e. The number of nitrogens with one attached hydrogen (secondary N) is 1. The average molecular weight is 455 g/mol. The Hall–Kier alpha value is -3.66. The standard InChI is InChI=1S/C22H21N3O6S/c1-29-20-7-17(18(25(27)28)8-21(20)31-11-16-12-32-13-24-16)22(26)23-9-14-6-15-4-2-3-5-19(15)30-10-14/h2-5,7-8,12-14H,6,9-11H2,1H3,(H,23,26). The third-order valence-corrected chi connectivity index (χ3v) is 5.72. The van der Waals surface area contributed by atoms with Gasteiger partial charge in [0.15, 0.2) is 11.5 Å². The van der Waals surface area contributed by atoms with E-state index in [0.717, 1.165) is 17.7 Å². The van der Waals surface area contributed by atoms with Gasteiger partial charge in [0.1, 0.15) is 17.9 Å². The molecule has 0 bridgehead atoms. The fourth-order valence-electron chi connectivity index (χ4n) is 3.47. The van der Waals surface area contributed by atoms with Gasteiger partial charge in [0, 0.05) is 23.9 Å². The fraction of sp³-hybridized carbons (Fsp3) is 0.273. The molecule has 2 heterocycles. The van der Waals surface area contributed by atoms with Gasteiger partial charge in [-0.3, -0.25) is 14.9 Å². The van der Waals surface area contributed by atoms with Crippen molar-refractivity contribution in [1.29, 1.82) is 0 Å². The number of fused-ring (bicyclic) bond motifs is 1. The summed E-state index contributed by atoms with van der Waals surface area (Å²) in [5, 5.41) is 16.3. The molecule has 1 aliphatic heterocycles. The number of nitrogens with zero attached hydrogens (tertiary/aromatic N) is 2. The number of methoxy groups -OCH3 is 1. The van der Waals surface area contributed by atoms with E-state index in [9.17, 15) is 14.9 Å². The third-order valence-electron chi connectivity index (χ3n) is 5.09. The SMILES string of the molecule is COc1cc(C(=O)NCC2COc3ccccc3C2)c([N+](=O)[O-])cc1OCc1cscn1. The van der Waals surface area contributed by atoms with E-state index in [1.807, 2.05) is 29.6 Å². The fourth-order valence-corrected chi connectivity index (χ4v) is 4.01. The first-order valence-electron chi connectivity index (χ1n) is 9.90. The summed E-state index contributed by atoms with van der Waals surface area (Å²) in [6.07, 6.45) is 0.755. The second-order valence-corrected chi connectivity index (χ2v) is 7.96. The molecule has 1 amide bonds. The molecule has 9 nitrogen and oxygen atoms in total. The van der Waals surface area contributed by atoms with Crippen molar-refractivity contribution in [2.75, 3.05) is 20.3 Å². The molecule has 0 radical (unpaired) electrons.